The van der Waals surface area contributed by atoms with Crippen LogP contribution >= 0.6 is 11.8 Å². The van der Waals surface area contributed by atoms with E-state index in [1.807, 2.05) is 13.2 Å². The molecule has 0 fully saturated rings. The summed E-state index contributed by atoms with van der Waals surface area (Å²) in [6.45, 7) is 2.36. The predicted molar refractivity (Wildman–Crippen MR) is 67.0 cm³/mol. The SMILES string of the molecule is CCNC(=O)CNC(=O)c1cccnc1SC. The molecule has 5 nitrogen and oxygen atoms in total. The Morgan fingerprint density at radius 3 is 2.82 bits per heavy atom. The Morgan fingerprint density at radius 2 is 2.18 bits per heavy atom. The van der Waals surface area contributed by atoms with Crippen LogP contribution in [-0.4, -0.2) is 36.1 Å². The van der Waals surface area contributed by atoms with Gasteiger partial charge in [0.25, 0.3) is 5.91 Å². The van der Waals surface area contributed by atoms with Crippen LogP contribution in [0.25, 0.3) is 0 Å². The van der Waals surface area contributed by atoms with Gasteiger partial charge in [-0.05, 0) is 25.3 Å². The average Bonchev–Trinajstić information content (AvgIpc) is 2.36. The van der Waals surface area contributed by atoms with E-state index in [9.17, 15) is 9.59 Å². The number of nitrogens with zero attached hydrogens (tertiary/aromatic N) is 1. The Morgan fingerprint density at radius 1 is 1.41 bits per heavy atom. The second-order valence-corrected chi connectivity index (χ2v) is 3.99. The first kappa shape index (κ1) is 13.5. The van der Waals surface area contributed by atoms with Crippen molar-refractivity contribution in [2.75, 3.05) is 19.3 Å². The first-order valence-corrected chi connectivity index (χ1v) is 6.45. The van der Waals surface area contributed by atoms with Crippen molar-refractivity contribution in [3.8, 4) is 0 Å². The van der Waals surface area contributed by atoms with Gasteiger partial charge in [0.05, 0.1) is 12.1 Å². The van der Waals surface area contributed by atoms with Gasteiger partial charge in [-0.15, -0.1) is 11.8 Å². The van der Waals surface area contributed by atoms with Crippen LogP contribution in [0.15, 0.2) is 23.4 Å². The lowest BCUT2D eigenvalue weighted by Gasteiger charge is -2.07. The molecule has 1 rings (SSSR count). The van der Waals surface area contributed by atoms with E-state index >= 15 is 0 Å². The van der Waals surface area contributed by atoms with Crippen LogP contribution in [0.2, 0.25) is 0 Å². The molecule has 6 heteroatoms. The summed E-state index contributed by atoms with van der Waals surface area (Å²) in [5, 5.41) is 5.81. The molecule has 1 aromatic heterocycles. The van der Waals surface area contributed by atoms with Crippen LogP contribution in [0.1, 0.15) is 17.3 Å². The second kappa shape index (κ2) is 6.90. The zero-order valence-electron chi connectivity index (χ0n) is 9.82. The van der Waals surface area contributed by atoms with E-state index < -0.39 is 0 Å². The number of carbonyl (C=O) groups is 2. The van der Waals surface area contributed by atoms with E-state index in [4.69, 9.17) is 0 Å². The highest BCUT2D eigenvalue weighted by atomic mass is 32.2. The highest BCUT2D eigenvalue weighted by Crippen LogP contribution is 2.16. The molecule has 17 heavy (non-hydrogen) atoms. The molecule has 0 bridgehead atoms. The molecule has 0 atom stereocenters. The maximum atomic E-state index is 11.8. The molecule has 2 amide bonds. The van der Waals surface area contributed by atoms with E-state index in [-0.39, 0.29) is 18.4 Å². The molecular weight excluding hydrogens is 238 g/mol. The van der Waals surface area contributed by atoms with Crippen LogP contribution in [0, 0.1) is 0 Å². The van der Waals surface area contributed by atoms with E-state index in [1.54, 1.807) is 18.3 Å². The van der Waals surface area contributed by atoms with Crippen LogP contribution in [0.5, 0.6) is 0 Å². The molecule has 0 saturated heterocycles. The van der Waals surface area contributed by atoms with Gasteiger partial charge in [0, 0.05) is 12.7 Å². The topological polar surface area (TPSA) is 71.1 Å². The van der Waals surface area contributed by atoms with Gasteiger partial charge in [0.15, 0.2) is 0 Å². The van der Waals surface area contributed by atoms with Gasteiger partial charge in [-0.25, -0.2) is 4.98 Å². The van der Waals surface area contributed by atoms with Crippen molar-refractivity contribution in [2.24, 2.45) is 0 Å². The van der Waals surface area contributed by atoms with Crippen molar-refractivity contribution in [1.82, 2.24) is 15.6 Å². The van der Waals surface area contributed by atoms with E-state index in [0.29, 0.717) is 17.1 Å². The summed E-state index contributed by atoms with van der Waals surface area (Å²) in [6, 6.07) is 3.38. The maximum absolute atomic E-state index is 11.8. The van der Waals surface area contributed by atoms with Crippen LogP contribution in [0.3, 0.4) is 0 Å². The number of rotatable bonds is 5. The molecule has 0 aromatic carbocycles. The predicted octanol–water partition coefficient (Wildman–Crippen LogP) is 0.669. The molecule has 92 valence electrons. The lowest BCUT2D eigenvalue weighted by Crippen LogP contribution is -2.36. The normalized spacial score (nSPS) is 9.76. The fourth-order valence-electron chi connectivity index (χ4n) is 1.24. The molecular formula is C11H15N3O2S. The lowest BCUT2D eigenvalue weighted by atomic mass is 10.2. The van der Waals surface area contributed by atoms with Crippen LogP contribution in [-0.2, 0) is 4.79 Å². The number of aromatic nitrogens is 1. The number of likely N-dealkylation sites (N-methyl/N-ethyl adjacent to an activating group) is 1. The molecule has 1 heterocycles. The zero-order valence-corrected chi connectivity index (χ0v) is 10.6. The summed E-state index contributed by atoms with van der Waals surface area (Å²) in [7, 11) is 0. The number of pyridine rings is 1. The molecule has 2 N–H and O–H groups in total. The summed E-state index contributed by atoms with van der Waals surface area (Å²) >= 11 is 1.40. The van der Waals surface area contributed by atoms with Crippen molar-refractivity contribution in [2.45, 2.75) is 11.9 Å². The zero-order chi connectivity index (χ0) is 12.7. The third kappa shape index (κ3) is 4.07. The van der Waals surface area contributed by atoms with Gasteiger partial charge in [0.1, 0.15) is 5.03 Å². The van der Waals surface area contributed by atoms with Gasteiger partial charge in [0.2, 0.25) is 5.91 Å². The van der Waals surface area contributed by atoms with Gasteiger partial charge in [-0.1, -0.05) is 0 Å². The summed E-state index contributed by atoms with van der Waals surface area (Å²) in [4.78, 5) is 27.1. The third-order valence-electron chi connectivity index (χ3n) is 1.99. The highest BCUT2D eigenvalue weighted by molar-refractivity contribution is 7.98. The molecule has 0 unspecified atom stereocenters. The Kier molecular flexibility index (Phi) is 5.48. The number of amides is 2. The van der Waals surface area contributed by atoms with Gasteiger partial charge >= 0.3 is 0 Å². The van der Waals surface area contributed by atoms with Crippen molar-refractivity contribution < 1.29 is 9.59 Å². The Bertz CT molecular complexity index is 409. The molecule has 1 aromatic rings. The number of thioether (sulfide) groups is 1. The monoisotopic (exact) mass is 253 g/mol. The Labute approximate surface area is 104 Å². The molecule has 0 radical (unpaired) electrons. The van der Waals surface area contributed by atoms with Crippen molar-refractivity contribution >= 4 is 23.6 Å². The maximum Gasteiger partial charge on any atom is 0.254 e. The molecule has 0 spiro atoms. The summed E-state index contributed by atoms with van der Waals surface area (Å²) in [5.74, 6) is -0.482. The number of hydrogen-bond acceptors (Lipinski definition) is 4. The van der Waals surface area contributed by atoms with Gasteiger partial charge < -0.3 is 10.6 Å². The lowest BCUT2D eigenvalue weighted by molar-refractivity contribution is -0.120. The number of nitrogens with one attached hydrogen (secondary N) is 2. The summed E-state index contributed by atoms with van der Waals surface area (Å²) < 4.78 is 0. The van der Waals surface area contributed by atoms with E-state index in [0.717, 1.165) is 0 Å². The molecule has 0 aliphatic carbocycles. The number of carbonyl (C=O) groups excluding carboxylic acids is 2. The minimum Gasteiger partial charge on any atom is -0.355 e. The van der Waals surface area contributed by atoms with Crippen molar-refractivity contribution in [3.63, 3.8) is 0 Å². The van der Waals surface area contributed by atoms with E-state index in [1.165, 1.54) is 11.8 Å². The molecule has 0 aliphatic heterocycles. The molecule has 0 aliphatic rings. The third-order valence-corrected chi connectivity index (χ3v) is 2.70. The van der Waals surface area contributed by atoms with E-state index in [2.05, 4.69) is 15.6 Å². The second-order valence-electron chi connectivity index (χ2n) is 3.20. The Hall–Kier alpha value is -1.56. The molecule has 0 saturated carbocycles. The summed E-state index contributed by atoms with van der Waals surface area (Å²) in [6.07, 6.45) is 3.48. The standard InChI is InChI=1S/C11H15N3O2S/c1-3-12-9(15)7-14-10(16)8-5-4-6-13-11(8)17-2/h4-6H,3,7H2,1-2H3,(H,12,15)(H,14,16). The smallest absolute Gasteiger partial charge is 0.254 e. The quantitative estimate of drug-likeness (QED) is 0.757. The van der Waals surface area contributed by atoms with Crippen LogP contribution < -0.4 is 10.6 Å². The first-order chi connectivity index (χ1) is 8.19. The fraction of sp³-hybridized carbons (Fsp3) is 0.364. The van der Waals surface area contributed by atoms with Crippen molar-refractivity contribution in [3.05, 3.63) is 23.9 Å². The minimum absolute atomic E-state index is 0.0185. The van der Waals surface area contributed by atoms with Crippen molar-refractivity contribution in [1.29, 1.82) is 0 Å². The van der Waals surface area contributed by atoms with Gasteiger partial charge in [-0.2, -0.15) is 0 Å². The first-order valence-electron chi connectivity index (χ1n) is 5.23. The average molecular weight is 253 g/mol. The highest BCUT2D eigenvalue weighted by Gasteiger charge is 2.12. The Balaban J connectivity index is 2.61. The largest absolute Gasteiger partial charge is 0.355 e. The van der Waals surface area contributed by atoms with Crippen LogP contribution in [0.4, 0.5) is 0 Å². The van der Waals surface area contributed by atoms with Gasteiger partial charge in [-0.3, -0.25) is 9.59 Å². The summed E-state index contributed by atoms with van der Waals surface area (Å²) in [5.41, 5.74) is 0.490. The minimum atomic E-state index is -0.284. The number of hydrogen-bond donors (Lipinski definition) is 2. The fourth-order valence-corrected chi connectivity index (χ4v) is 1.79.